The summed E-state index contributed by atoms with van der Waals surface area (Å²) in [6.45, 7) is 0. The van der Waals surface area contributed by atoms with Gasteiger partial charge >= 0.3 is 0 Å². The van der Waals surface area contributed by atoms with Crippen LogP contribution in [0, 0.1) is 0 Å². The van der Waals surface area contributed by atoms with Crippen LogP contribution in [-0.4, -0.2) is 19.3 Å². The molecule has 3 heteroatoms. The molecule has 0 fully saturated rings. The van der Waals surface area contributed by atoms with Crippen molar-refractivity contribution in [1.29, 1.82) is 0 Å². The number of quaternary nitrogens is 1. The predicted molar refractivity (Wildman–Crippen MR) is 44.1 cm³/mol. The molecule has 0 saturated heterocycles. The molecule has 0 heterocycles. The van der Waals surface area contributed by atoms with Gasteiger partial charge in [0.15, 0.2) is 5.69 Å². The molecule has 11 heavy (non-hydrogen) atoms. The van der Waals surface area contributed by atoms with Gasteiger partial charge in [0.05, 0.1) is 0 Å². The zero-order valence-corrected chi connectivity index (χ0v) is 6.78. The molecule has 60 valence electrons. The quantitative estimate of drug-likeness (QED) is 0.475. The van der Waals surface area contributed by atoms with Gasteiger partial charge in [0, 0.05) is 20.2 Å². The first-order valence-corrected chi connectivity index (χ1v) is 3.49. The van der Waals surface area contributed by atoms with E-state index >= 15 is 0 Å². The third kappa shape index (κ3) is 1.69. The summed E-state index contributed by atoms with van der Waals surface area (Å²) in [6.07, 6.45) is 0. The largest absolute Gasteiger partial charge is 0.373 e. The van der Waals surface area contributed by atoms with Crippen molar-refractivity contribution < 1.29 is 10.7 Å². The van der Waals surface area contributed by atoms with Crippen LogP contribution in [0.15, 0.2) is 24.3 Å². The van der Waals surface area contributed by atoms with Crippen LogP contribution in [0.2, 0.25) is 0 Å². The molecule has 0 bridgehead atoms. The molecule has 1 aromatic rings. The summed E-state index contributed by atoms with van der Waals surface area (Å²) in [5.41, 5.74) is 2.99. The van der Waals surface area contributed by atoms with Crippen molar-refractivity contribution in [3.63, 3.8) is 0 Å². The number of rotatable bonds is 2. The maximum absolute atomic E-state index is 8.82. The fraction of sp³-hybridized carbons (Fsp3) is 0.250. The van der Waals surface area contributed by atoms with Crippen molar-refractivity contribution in [1.82, 2.24) is 0 Å². The smallest absolute Gasteiger partial charge is 0.185 e. The minimum Gasteiger partial charge on any atom is -0.373 e. The van der Waals surface area contributed by atoms with E-state index in [0.29, 0.717) is 0 Å². The minimum atomic E-state index is 0.845. The first-order valence-electron chi connectivity index (χ1n) is 3.49. The third-order valence-electron chi connectivity index (χ3n) is 1.56. The maximum atomic E-state index is 8.82. The van der Waals surface area contributed by atoms with Gasteiger partial charge in [-0.2, -0.15) is 5.48 Å². The van der Waals surface area contributed by atoms with Crippen LogP contribution >= 0.6 is 0 Å². The van der Waals surface area contributed by atoms with Gasteiger partial charge in [-0.25, -0.2) is 5.21 Å². The summed E-state index contributed by atoms with van der Waals surface area (Å²) >= 11 is 0. The molecule has 3 N–H and O–H groups in total. The van der Waals surface area contributed by atoms with Gasteiger partial charge in [-0.15, -0.1) is 0 Å². The van der Waals surface area contributed by atoms with Gasteiger partial charge in [0.2, 0.25) is 0 Å². The van der Waals surface area contributed by atoms with Crippen LogP contribution in [0.4, 0.5) is 11.4 Å². The first-order chi connectivity index (χ1) is 5.25. The highest BCUT2D eigenvalue weighted by molar-refractivity contribution is 5.61. The first kappa shape index (κ1) is 8.04. The highest BCUT2D eigenvalue weighted by Gasteiger charge is 2.04. The number of para-hydroxylation sites is 2. The van der Waals surface area contributed by atoms with E-state index in [1.54, 1.807) is 0 Å². The van der Waals surface area contributed by atoms with E-state index in [-0.39, 0.29) is 0 Å². The number of hydrogen-bond acceptors (Lipinski definition) is 2. The SMILES string of the molecule is CN(C)c1ccccc1[NH2+]O. The Morgan fingerprint density at radius 3 is 2.36 bits per heavy atom. The Labute approximate surface area is 66.2 Å². The number of anilines is 1. The van der Waals surface area contributed by atoms with Crippen molar-refractivity contribution in [3.05, 3.63) is 24.3 Å². The molecule has 0 spiro atoms. The molecule has 0 aliphatic carbocycles. The van der Waals surface area contributed by atoms with E-state index < -0.39 is 0 Å². The second kappa shape index (κ2) is 3.37. The minimum absolute atomic E-state index is 0.845. The number of hydrogen-bond donors (Lipinski definition) is 2. The molecule has 3 nitrogen and oxygen atoms in total. The van der Waals surface area contributed by atoms with Crippen LogP contribution in [0.1, 0.15) is 0 Å². The van der Waals surface area contributed by atoms with Gasteiger partial charge in [-0.05, 0) is 6.07 Å². The summed E-state index contributed by atoms with van der Waals surface area (Å²) in [6, 6.07) is 7.68. The molecule has 1 rings (SSSR count). The molecular weight excluding hydrogens is 140 g/mol. The van der Waals surface area contributed by atoms with E-state index in [2.05, 4.69) is 0 Å². The molecule has 0 aliphatic rings. The molecule has 0 radical (unpaired) electrons. The van der Waals surface area contributed by atoms with Gasteiger partial charge in [0.1, 0.15) is 5.69 Å². The van der Waals surface area contributed by atoms with Crippen LogP contribution in [0.25, 0.3) is 0 Å². The van der Waals surface area contributed by atoms with Crippen molar-refractivity contribution in [2.45, 2.75) is 0 Å². The Bertz CT molecular complexity index is 235. The van der Waals surface area contributed by atoms with Crippen molar-refractivity contribution >= 4 is 11.4 Å². The zero-order chi connectivity index (χ0) is 8.27. The normalized spacial score (nSPS) is 9.73. The molecule has 1 aromatic carbocycles. The maximum Gasteiger partial charge on any atom is 0.185 e. The fourth-order valence-electron chi connectivity index (χ4n) is 1.00. The third-order valence-corrected chi connectivity index (χ3v) is 1.56. The average molecular weight is 153 g/mol. The van der Waals surface area contributed by atoms with Gasteiger partial charge in [0.25, 0.3) is 0 Å². The number of nitrogens with two attached hydrogens (primary N) is 1. The summed E-state index contributed by atoms with van der Waals surface area (Å²) in [7, 11) is 3.89. The van der Waals surface area contributed by atoms with Crippen LogP contribution in [-0.2, 0) is 0 Å². The topological polar surface area (TPSA) is 40.1 Å². The van der Waals surface area contributed by atoms with Crippen LogP contribution in [0.3, 0.4) is 0 Å². The van der Waals surface area contributed by atoms with E-state index in [1.807, 2.05) is 43.3 Å². The zero-order valence-electron chi connectivity index (χ0n) is 6.78. The lowest BCUT2D eigenvalue weighted by Gasteiger charge is -2.12. The summed E-state index contributed by atoms with van der Waals surface area (Å²) in [5, 5.41) is 8.82. The molecule has 0 saturated carbocycles. The Morgan fingerprint density at radius 1 is 1.27 bits per heavy atom. The Morgan fingerprint density at radius 2 is 1.91 bits per heavy atom. The van der Waals surface area contributed by atoms with Gasteiger partial charge in [-0.3, -0.25) is 0 Å². The molecule has 0 aliphatic heterocycles. The van der Waals surface area contributed by atoms with E-state index in [9.17, 15) is 0 Å². The second-order valence-electron chi connectivity index (χ2n) is 2.58. The molecular formula is C8H13N2O+. The van der Waals surface area contributed by atoms with Gasteiger partial charge < -0.3 is 4.90 Å². The summed E-state index contributed by atoms with van der Waals surface area (Å²) in [4.78, 5) is 1.96. The van der Waals surface area contributed by atoms with Crippen molar-refractivity contribution in [3.8, 4) is 0 Å². The Kier molecular flexibility index (Phi) is 2.46. The number of nitrogens with zero attached hydrogens (tertiary/aromatic N) is 1. The summed E-state index contributed by atoms with van der Waals surface area (Å²) in [5.74, 6) is 0. The average Bonchev–Trinajstić information content (AvgIpc) is 2.04. The second-order valence-corrected chi connectivity index (χ2v) is 2.58. The highest BCUT2D eigenvalue weighted by Crippen LogP contribution is 2.17. The Hall–Kier alpha value is -1.06. The Balaban J connectivity index is 3.02. The van der Waals surface area contributed by atoms with Crippen molar-refractivity contribution in [2.24, 2.45) is 0 Å². The van der Waals surface area contributed by atoms with Crippen LogP contribution < -0.4 is 10.4 Å². The fourth-order valence-corrected chi connectivity index (χ4v) is 1.00. The molecule has 0 atom stereocenters. The van der Waals surface area contributed by atoms with Gasteiger partial charge in [-0.1, -0.05) is 12.1 Å². The standard InChI is InChI=1S/C8H12N2O/c1-10(2)8-6-4-3-5-7(8)9-11/h3-6,9,11H,1-2H3/p+1. The highest BCUT2D eigenvalue weighted by atomic mass is 16.5. The molecule has 0 amide bonds. The van der Waals surface area contributed by atoms with Crippen molar-refractivity contribution in [2.75, 3.05) is 19.0 Å². The monoisotopic (exact) mass is 153 g/mol. The van der Waals surface area contributed by atoms with Crippen LogP contribution in [0.5, 0.6) is 0 Å². The lowest BCUT2D eigenvalue weighted by atomic mass is 10.2. The lowest BCUT2D eigenvalue weighted by molar-refractivity contribution is -0.825. The van der Waals surface area contributed by atoms with E-state index in [1.165, 1.54) is 0 Å². The van der Waals surface area contributed by atoms with E-state index in [4.69, 9.17) is 5.21 Å². The molecule has 0 aromatic heterocycles. The number of benzene rings is 1. The summed E-state index contributed by atoms with van der Waals surface area (Å²) < 4.78 is 0. The lowest BCUT2D eigenvalue weighted by Crippen LogP contribution is -2.74. The predicted octanol–water partition coefficient (Wildman–Crippen LogP) is 0.337. The molecule has 0 unspecified atom stereocenters. The van der Waals surface area contributed by atoms with E-state index in [0.717, 1.165) is 16.9 Å².